The summed E-state index contributed by atoms with van der Waals surface area (Å²) in [7, 11) is 1.77. The van der Waals surface area contributed by atoms with E-state index >= 15 is 0 Å². The number of hydrogen-bond acceptors (Lipinski definition) is 3. The number of pyridine rings is 1. The monoisotopic (exact) mass is 318 g/mol. The van der Waals surface area contributed by atoms with E-state index in [-0.39, 0.29) is 17.9 Å². The Kier molecular flexibility index (Phi) is 4.32. The molecule has 1 fully saturated rings. The lowest BCUT2D eigenvalue weighted by Crippen LogP contribution is -2.34. The molecule has 1 N–H and O–H groups in total. The topological polar surface area (TPSA) is 53.4 Å². The maximum absolute atomic E-state index is 12.7. The molecular formula is C17H19ClN2O2. The van der Waals surface area contributed by atoms with E-state index in [1.54, 1.807) is 36.3 Å². The Hall–Kier alpha value is -1.65. The third-order valence-electron chi connectivity index (χ3n) is 4.42. The van der Waals surface area contributed by atoms with Gasteiger partial charge in [0.05, 0.1) is 22.2 Å². The molecule has 2 atom stereocenters. The first-order valence-corrected chi connectivity index (χ1v) is 7.92. The summed E-state index contributed by atoms with van der Waals surface area (Å²) in [4.78, 5) is 18.7. The molecular weight excluding hydrogens is 300 g/mol. The lowest BCUT2D eigenvalue weighted by Gasteiger charge is -2.23. The Labute approximate surface area is 134 Å². The van der Waals surface area contributed by atoms with Gasteiger partial charge in [-0.2, -0.15) is 0 Å². The summed E-state index contributed by atoms with van der Waals surface area (Å²) in [6.07, 6.45) is 4.20. The Bertz CT molecular complexity index is 704. The summed E-state index contributed by atoms with van der Waals surface area (Å²) in [6.45, 7) is 0.566. The number of carbonyl (C=O) groups is 1. The van der Waals surface area contributed by atoms with Gasteiger partial charge in [0, 0.05) is 31.1 Å². The molecule has 1 saturated carbocycles. The van der Waals surface area contributed by atoms with Crippen molar-refractivity contribution >= 4 is 28.4 Å². The maximum Gasteiger partial charge on any atom is 0.255 e. The number of rotatable bonds is 3. The molecule has 2 unspecified atom stereocenters. The highest BCUT2D eigenvalue weighted by molar-refractivity contribution is 6.36. The first-order valence-electron chi connectivity index (χ1n) is 7.54. The van der Waals surface area contributed by atoms with Crippen LogP contribution in [0.3, 0.4) is 0 Å². The summed E-state index contributed by atoms with van der Waals surface area (Å²) < 4.78 is 0. The minimum atomic E-state index is -0.296. The molecule has 0 aliphatic heterocycles. The largest absolute Gasteiger partial charge is 0.393 e. The zero-order valence-corrected chi connectivity index (χ0v) is 13.3. The smallest absolute Gasteiger partial charge is 0.255 e. The van der Waals surface area contributed by atoms with Gasteiger partial charge in [0.15, 0.2) is 0 Å². The Morgan fingerprint density at radius 1 is 1.41 bits per heavy atom. The molecule has 0 spiro atoms. The second-order valence-corrected chi connectivity index (χ2v) is 6.35. The second-order valence-electron chi connectivity index (χ2n) is 5.94. The molecule has 116 valence electrons. The van der Waals surface area contributed by atoms with Gasteiger partial charge in [-0.3, -0.25) is 9.78 Å². The molecule has 0 saturated heterocycles. The van der Waals surface area contributed by atoms with Crippen molar-refractivity contribution in [3.8, 4) is 0 Å². The van der Waals surface area contributed by atoms with Gasteiger partial charge in [0.25, 0.3) is 5.91 Å². The van der Waals surface area contributed by atoms with E-state index in [0.717, 1.165) is 24.6 Å². The van der Waals surface area contributed by atoms with Crippen molar-refractivity contribution in [1.82, 2.24) is 9.88 Å². The molecule has 1 aromatic carbocycles. The molecule has 0 bridgehead atoms. The van der Waals surface area contributed by atoms with Crippen molar-refractivity contribution in [1.29, 1.82) is 0 Å². The molecule has 4 nitrogen and oxygen atoms in total. The quantitative estimate of drug-likeness (QED) is 0.946. The van der Waals surface area contributed by atoms with Crippen LogP contribution in [0.2, 0.25) is 5.02 Å². The van der Waals surface area contributed by atoms with E-state index in [1.165, 1.54) is 0 Å². The van der Waals surface area contributed by atoms with Crippen LogP contribution in [-0.4, -0.2) is 40.6 Å². The Morgan fingerprint density at radius 2 is 2.23 bits per heavy atom. The highest BCUT2D eigenvalue weighted by Gasteiger charge is 2.28. The van der Waals surface area contributed by atoms with E-state index < -0.39 is 0 Å². The molecule has 2 aromatic rings. The molecule has 22 heavy (non-hydrogen) atoms. The third kappa shape index (κ3) is 2.81. The number of hydrogen-bond donors (Lipinski definition) is 1. The number of nitrogens with zero attached hydrogens (tertiary/aromatic N) is 2. The number of amides is 1. The first kappa shape index (κ1) is 15.3. The second kappa shape index (κ2) is 6.23. The number of aromatic nitrogens is 1. The van der Waals surface area contributed by atoms with Crippen LogP contribution in [0.15, 0.2) is 30.5 Å². The van der Waals surface area contributed by atoms with Gasteiger partial charge >= 0.3 is 0 Å². The maximum atomic E-state index is 12.7. The third-order valence-corrected chi connectivity index (χ3v) is 4.75. The number of halogens is 1. The predicted molar refractivity (Wildman–Crippen MR) is 87.1 cm³/mol. The van der Waals surface area contributed by atoms with Crippen LogP contribution in [0, 0.1) is 5.92 Å². The summed E-state index contributed by atoms with van der Waals surface area (Å²) in [6, 6.07) is 7.13. The van der Waals surface area contributed by atoms with E-state index in [0.29, 0.717) is 22.6 Å². The summed E-state index contributed by atoms with van der Waals surface area (Å²) in [5, 5.41) is 11.3. The van der Waals surface area contributed by atoms with E-state index in [4.69, 9.17) is 11.6 Å². The van der Waals surface area contributed by atoms with Crippen molar-refractivity contribution in [2.24, 2.45) is 5.92 Å². The number of benzene rings is 1. The zero-order valence-electron chi connectivity index (χ0n) is 12.5. The first-order chi connectivity index (χ1) is 10.6. The number of aliphatic hydroxyl groups excluding tert-OH is 1. The van der Waals surface area contributed by atoms with Gasteiger partial charge in [0.2, 0.25) is 0 Å². The fourth-order valence-corrected chi connectivity index (χ4v) is 3.40. The molecule has 0 radical (unpaired) electrons. The number of aliphatic hydroxyl groups is 1. The van der Waals surface area contributed by atoms with Crippen LogP contribution in [0.1, 0.15) is 29.6 Å². The molecule has 1 amide bonds. The predicted octanol–water partition coefficient (Wildman–Crippen LogP) is 3.12. The van der Waals surface area contributed by atoms with Gasteiger partial charge in [-0.25, -0.2) is 0 Å². The van der Waals surface area contributed by atoms with Crippen LogP contribution in [0.4, 0.5) is 0 Å². The number of fused-ring (bicyclic) bond motifs is 1. The molecule has 1 heterocycles. The van der Waals surface area contributed by atoms with Crippen molar-refractivity contribution in [2.75, 3.05) is 13.6 Å². The molecule has 1 aromatic heterocycles. The van der Waals surface area contributed by atoms with Crippen molar-refractivity contribution in [2.45, 2.75) is 25.4 Å². The number of carbonyl (C=O) groups excluding carboxylic acids is 1. The molecule has 1 aliphatic carbocycles. The van der Waals surface area contributed by atoms with Crippen molar-refractivity contribution < 1.29 is 9.90 Å². The average molecular weight is 319 g/mol. The Morgan fingerprint density at radius 3 is 2.95 bits per heavy atom. The summed E-state index contributed by atoms with van der Waals surface area (Å²) in [5.74, 6) is 0.0833. The summed E-state index contributed by atoms with van der Waals surface area (Å²) in [5.41, 5.74) is 1.17. The van der Waals surface area contributed by atoms with Crippen LogP contribution in [-0.2, 0) is 0 Å². The van der Waals surface area contributed by atoms with Gasteiger partial charge < -0.3 is 10.0 Å². The highest BCUT2D eigenvalue weighted by Crippen LogP contribution is 2.28. The van der Waals surface area contributed by atoms with Gasteiger partial charge in [-0.05, 0) is 37.1 Å². The SMILES string of the molecule is CN(CC1CCCC1O)C(=O)c1ccc(Cl)c2cccnc12. The molecule has 1 aliphatic rings. The van der Waals surface area contributed by atoms with Crippen molar-refractivity contribution in [3.05, 3.63) is 41.0 Å². The fraction of sp³-hybridized carbons (Fsp3) is 0.412. The molecule has 5 heteroatoms. The van der Waals surface area contributed by atoms with E-state index in [1.807, 2.05) is 6.07 Å². The van der Waals surface area contributed by atoms with Crippen LogP contribution < -0.4 is 0 Å². The van der Waals surface area contributed by atoms with Gasteiger partial charge in [0.1, 0.15) is 0 Å². The van der Waals surface area contributed by atoms with Crippen LogP contribution >= 0.6 is 11.6 Å². The van der Waals surface area contributed by atoms with Crippen LogP contribution in [0.5, 0.6) is 0 Å². The lowest BCUT2D eigenvalue weighted by molar-refractivity contribution is 0.0695. The minimum absolute atomic E-state index is 0.0838. The van der Waals surface area contributed by atoms with Crippen molar-refractivity contribution in [3.63, 3.8) is 0 Å². The average Bonchev–Trinajstić information content (AvgIpc) is 2.92. The van der Waals surface area contributed by atoms with Gasteiger partial charge in [-0.1, -0.05) is 18.0 Å². The van der Waals surface area contributed by atoms with E-state index in [2.05, 4.69) is 4.98 Å². The standard InChI is InChI=1S/C17H19ClN2O2/c1-20(10-11-4-2-6-15(11)21)17(22)13-7-8-14(18)12-5-3-9-19-16(12)13/h3,5,7-9,11,15,21H,2,4,6,10H2,1H3. The van der Waals surface area contributed by atoms with Gasteiger partial charge in [-0.15, -0.1) is 0 Å². The lowest BCUT2D eigenvalue weighted by atomic mass is 10.0. The van der Waals surface area contributed by atoms with Crippen LogP contribution in [0.25, 0.3) is 10.9 Å². The zero-order chi connectivity index (χ0) is 15.7. The minimum Gasteiger partial charge on any atom is -0.393 e. The highest BCUT2D eigenvalue weighted by atomic mass is 35.5. The normalized spacial score (nSPS) is 21.2. The Balaban J connectivity index is 1.87. The molecule has 3 rings (SSSR count). The van der Waals surface area contributed by atoms with E-state index in [9.17, 15) is 9.90 Å². The summed E-state index contributed by atoms with van der Waals surface area (Å²) >= 11 is 6.17. The fourth-order valence-electron chi connectivity index (χ4n) is 3.18.